The van der Waals surface area contributed by atoms with E-state index in [0.717, 1.165) is 16.5 Å². The van der Waals surface area contributed by atoms with Crippen LogP contribution in [0.5, 0.6) is 0 Å². The van der Waals surface area contributed by atoms with Crippen LogP contribution in [-0.2, 0) is 12.4 Å². The quantitative estimate of drug-likeness (QED) is 0.387. The lowest BCUT2D eigenvalue weighted by Crippen LogP contribution is -2.02. The fourth-order valence-corrected chi connectivity index (χ4v) is 2.89. The molecule has 0 spiro atoms. The molecule has 10 heteroatoms. The van der Waals surface area contributed by atoms with Gasteiger partial charge in [-0.1, -0.05) is 11.8 Å². The summed E-state index contributed by atoms with van der Waals surface area (Å²) in [5.41, 5.74) is 0.863. The van der Waals surface area contributed by atoms with Gasteiger partial charge in [-0.05, 0) is 19.1 Å². The van der Waals surface area contributed by atoms with Gasteiger partial charge < -0.3 is 4.57 Å². The SMILES string of the molecule is CCn1c(SCn2cc([N+](=O)[O-])cn2)nnc1-c1cccnc1. The largest absolute Gasteiger partial charge is 0.307 e. The highest BCUT2D eigenvalue weighted by Crippen LogP contribution is 2.24. The minimum atomic E-state index is -0.469. The van der Waals surface area contributed by atoms with E-state index < -0.39 is 4.92 Å². The average molecular weight is 331 g/mol. The number of pyridine rings is 1. The lowest BCUT2D eigenvalue weighted by Gasteiger charge is -2.06. The lowest BCUT2D eigenvalue weighted by molar-refractivity contribution is -0.385. The van der Waals surface area contributed by atoms with Crippen LogP contribution in [0.4, 0.5) is 5.69 Å². The molecule has 0 saturated carbocycles. The van der Waals surface area contributed by atoms with Crippen molar-refractivity contribution >= 4 is 17.4 Å². The normalized spacial score (nSPS) is 10.8. The van der Waals surface area contributed by atoms with Gasteiger partial charge in [0, 0.05) is 24.5 Å². The maximum atomic E-state index is 10.7. The molecule has 0 bridgehead atoms. The first-order valence-corrected chi connectivity index (χ1v) is 7.81. The van der Waals surface area contributed by atoms with Gasteiger partial charge in [0.1, 0.15) is 12.4 Å². The predicted octanol–water partition coefficient (Wildman–Crippen LogP) is 2.21. The zero-order valence-electron chi connectivity index (χ0n) is 12.2. The van der Waals surface area contributed by atoms with Crippen LogP contribution < -0.4 is 0 Å². The second kappa shape index (κ2) is 6.57. The molecule has 0 fully saturated rings. The molecule has 118 valence electrons. The Morgan fingerprint density at radius 2 is 2.22 bits per heavy atom. The summed E-state index contributed by atoms with van der Waals surface area (Å²) in [5.74, 6) is 1.16. The zero-order valence-corrected chi connectivity index (χ0v) is 13.1. The third-order valence-electron chi connectivity index (χ3n) is 3.11. The molecule has 0 unspecified atom stereocenters. The zero-order chi connectivity index (χ0) is 16.2. The summed E-state index contributed by atoms with van der Waals surface area (Å²) in [6.45, 7) is 2.71. The third-order valence-corrected chi connectivity index (χ3v) is 4.06. The number of nitro groups is 1. The molecule has 0 aromatic carbocycles. The molecular weight excluding hydrogens is 318 g/mol. The minimum absolute atomic E-state index is 0.0291. The van der Waals surface area contributed by atoms with E-state index in [0.29, 0.717) is 12.4 Å². The third kappa shape index (κ3) is 3.21. The molecular formula is C13H13N7O2S. The van der Waals surface area contributed by atoms with Crippen LogP contribution in [0.15, 0.2) is 42.1 Å². The number of nitrogens with zero attached hydrogens (tertiary/aromatic N) is 7. The molecule has 23 heavy (non-hydrogen) atoms. The second-order valence-electron chi connectivity index (χ2n) is 4.56. The molecule has 0 amide bonds. The van der Waals surface area contributed by atoms with E-state index in [9.17, 15) is 10.1 Å². The van der Waals surface area contributed by atoms with Crippen molar-refractivity contribution in [3.8, 4) is 11.4 Å². The van der Waals surface area contributed by atoms with Crippen molar-refractivity contribution in [1.82, 2.24) is 29.5 Å². The van der Waals surface area contributed by atoms with Crippen LogP contribution >= 0.6 is 11.8 Å². The Kier molecular flexibility index (Phi) is 4.33. The van der Waals surface area contributed by atoms with Crippen molar-refractivity contribution < 1.29 is 4.92 Å². The van der Waals surface area contributed by atoms with E-state index in [4.69, 9.17) is 0 Å². The van der Waals surface area contributed by atoms with Crippen molar-refractivity contribution in [2.45, 2.75) is 24.5 Å². The Balaban J connectivity index is 1.78. The summed E-state index contributed by atoms with van der Waals surface area (Å²) < 4.78 is 3.47. The van der Waals surface area contributed by atoms with Crippen LogP contribution in [0.1, 0.15) is 6.92 Å². The Bertz CT molecular complexity index is 815. The summed E-state index contributed by atoms with van der Waals surface area (Å²) in [6.07, 6.45) is 6.06. The summed E-state index contributed by atoms with van der Waals surface area (Å²) in [6, 6.07) is 3.77. The summed E-state index contributed by atoms with van der Waals surface area (Å²) >= 11 is 1.41. The Morgan fingerprint density at radius 3 is 2.87 bits per heavy atom. The highest BCUT2D eigenvalue weighted by atomic mass is 32.2. The van der Waals surface area contributed by atoms with E-state index in [1.54, 1.807) is 12.4 Å². The molecule has 0 N–H and O–H groups in total. The maximum absolute atomic E-state index is 10.7. The molecule has 3 rings (SSSR count). The van der Waals surface area contributed by atoms with Crippen LogP contribution in [0.3, 0.4) is 0 Å². The van der Waals surface area contributed by atoms with Gasteiger partial charge in [-0.25, -0.2) is 0 Å². The Morgan fingerprint density at radius 1 is 1.35 bits per heavy atom. The van der Waals surface area contributed by atoms with Gasteiger partial charge in [-0.2, -0.15) is 5.10 Å². The number of aromatic nitrogens is 6. The van der Waals surface area contributed by atoms with Crippen LogP contribution in [-0.4, -0.2) is 34.5 Å². The van der Waals surface area contributed by atoms with Crippen LogP contribution in [0, 0.1) is 10.1 Å². The molecule has 0 aliphatic heterocycles. The van der Waals surface area contributed by atoms with Crippen LogP contribution in [0.25, 0.3) is 11.4 Å². The topological polar surface area (TPSA) is 105 Å². The van der Waals surface area contributed by atoms with Gasteiger partial charge in [0.25, 0.3) is 0 Å². The standard InChI is InChI=1S/C13H13N7O2S/c1-2-19-12(10-4-3-5-14-6-10)16-17-13(19)23-9-18-8-11(7-15-18)20(21)22/h3-8H,2,9H2,1H3. The first kappa shape index (κ1) is 15.2. The van der Waals surface area contributed by atoms with Gasteiger partial charge in [-0.3, -0.25) is 19.8 Å². The van der Waals surface area contributed by atoms with E-state index in [1.165, 1.54) is 28.8 Å². The van der Waals surface area contributed by atoms with Crippen molar-refractivity contribution in [1.29, 1.82) is 0 Å². The fraction of sp³-hybridized carbons (Fsp3) is 0.231. The number of rotatable bonds is 6. The van der Waals surface area contributed by atoms with Gasteiger partial charge in [0.05, 0.1) is 10.8 Å². The molecule has 9 nitrogen and oxygen atoms in total. The second-order valence-corrected chi connectivity index (χ2v) is 5.47. The molecule has 3 heterocycles. The maximum Gasteiger partial charge on any atom is 0.307 e. The molecule has 0 aliphatic carbocycles. The van der Waals surface area contributed by atoms with E-state index in [1.807, 2.05) is 23.6 Å². The molecule has 0 saturated heterocycles. The summed E-state index contributed by atoms with van der Waals surface area (Å²) in [7, 11) is 0. The molecule has 3 aromatic heterocycles. The van der Waals surface area contributed by atoms with Gasteiger partial charge in [0.15, 0.2) is 11.0 Å². The van der Waals surface area contributed by atoms with E-state index >= 15 is 0 Å². The molecule has 0 radical (unpaired) electrons. The van der Waals surface area contributed by atoms with Crippen molar-refractivity contribution in [2.75, 3.05) is 0 Å². The summed E-state index contributed by atoms with van der Waals surface area (Å²) in [5, 5.41) is 23.8. The van der Waals surface area contributed by atoms with Crippen molar-refractivity contribution in [2.24, 2.45) is 0 Å². The van der Waals surface area contributed by atoms with Crippen molar-refractivity contribution in [3.63, 3.8) is 0 Å². The van der Waals surface area contributed by atoms with Crippen LogP contribution in [0.2, 0.25) is 0 Å². The predicted molar refractivity (Wildman–Crippen MR) is 83.7 cm³/mol. The molecule has 0 atom stereocenters. The number of hydrogen-bond acceptors (Lipinski definition) is 7. The first-order valence-electron chi connectivity index (χ1n) is 6.82. The van der Waals surface area contributed by atoms with Gasteiger partial charge in [-0.15, -0.1) is 10.2 Å². The van der Waals surface area contributed by atoms with E-state index in [-0.39, 0.29) is 5.69 Å². The number of hydrogen-bond donors (Lipinski definition) is 0. The summed E-state index contributed by atoms with van der Waals surface area (Å²) in [4.78, 5) is 14.3. The highest BCUT2D eigenvalue weighted by molar-refractivity contribution is 7.98. The van der Waals surface area contributed by atoms with E-state index in [2.05, 4.69) is 20.3 Å². The lowest BCUT2D eigenvalue weighted by atomic mass is 10.3. The number of thioether (sulfide) groups is 1. The first-order chi connectivity index (χ1) is 11.2. The smallest absolute Gasteiger partial charge is 0.302 e. The minimum Gasteiger partial charge on any atom is -0.302 e. The monoisotopic (exact) mass is 331 g/mol. The average Bonchev–Trinajstić information content (AvgIpc) is 3.20. The molecule has 3 aromatic rings. The molecule has 0 aliphatic rings. The fourth-order valence-electron chi connectivity index (χ4n) is 2.03. The van der Waals surface area contributed by atoms with Gasteiger partial charge in [0.2, 0.25) is 0 Å². The Hall–Kier alpha value is -2.75. The van der Waals surface area contributed by atoms with Gasteiger partial charge >= 0.3 is 5.69 Å². The Labute approximate surface area is 135 Å². The van der Waals surface area contributed by atoms with Crippen molar-refractivity contribution in [3.05, 3.63) is 47.0 Å². The highest BCUT2D eigenvalue weighted by Gasteiger charge is 2.14.